The number of nitrogens with one attached hydrogen (secondary N) is 2. The average Bonchev–Trinajstić information content (AvgIpc) is 2.93. The fourth-order valence-corrected chi connectivity index (χ4v) is 2.96. The third-order valence-electron chi connectivity index (χ3n) is 3.32. The zero-order valence-corrected chi connectivity index (χ0v) is 14.5. The molecule has 26 heavy (non-hydrogen) atoms. The number of carboxylic acid groups (broad SMARTS) is 1. The van der Waals surface area contributed by atoms with E-state index in [0.29, 0.717) is 12.0 Å². The molecule has 1 aliphatic rings. The number of phenolic OH excluding ortho intramolecular Hbond substituents is 1. The molecule has 0 unspecified atom stereocenters. The fourth-order valence-electron chi connectivity index (χ4n) is 2.03. The lowest BCUT2D eigenvalue weighted by Crippen LogP contribution is -2.31. The van der Waals surface area contributed by atoms with E-state index >= 15 is 0 Å². The van der Waals surface area contributed by atoms with Crippen molar-refractivity contribution in [2.45, 2.75) is 24.5 Å². The number of amides is 2. The van der Waals surface area contributed by atoms with E-state index in [9.17, 15) is 19.5 Å². The molecule has 1 saturated heterocycles. The number of hydrogen-bond acceptors (Lipinski definition) is 7. The largest absolute Gasteiger partial charge is 0.507 e. The zero-order valence-electron chi connectivity index (χ0n) is 13.7. The van der Waals surface area contributed by atoms with E-state index in [-0.39, 0.29) is 42.1 Å². The van der Waals surface area contributed by atoms with E-state index < -0.39 is 11.2 Å². The summed E-state index contributed by atoms with van der Waals surface area (Å²) < 4.78 is 0. The third kappa shape index (κ3) is 6.20. The monoisotopic (exact) mass is 378 g/mol. The molecule has 0 aromatic heterocycles. The van der Waals surface area contributed by atoms with Crippen LogP contribution in [-0.4, -0.2) is 51.2 Å². The summed E-state index contributed by atoms with van der Waals surface area (Å²) >= 11 is 1.09. The quantitative estimate of drug-likeness (QED) is 0.298. The number of para-hydroxylation sites is 1. The molecule has 9 nitrogen and oxygen atoms in total. The van der Waals surface area contributed by atoms with Crippen LogP contribution in [0, 0.1) is 0 Å². The molecule has 0 bridgehead atoms. The number of phenols is 1. The molecule has 138 valence electrons. The van der Waals surface area contributed by atoms with Crippen LogP contribution in [0.5, 0.6) is 5.75 Å². The highest BCUT2D eigenvalue weighted by molar-refractivity contribution is 8.15. The fraction of sp³-hybridized carbons (Fsp3) is 0.312. The van der Waals surface area contributed by atoms with Crippen molar-refractivity contribution in [2.24, 2.45) is 10.2 Å². The standard InChI is InChI=1S/C16H18N4O5S/c21-11-5-2-1-4-10(11)9-18-20-16-19-15(25)12(26-16)8-13(22)17-7-3-6-14(23)24/h1-2,4-5,9,12,21H,3,6-8H2,(H,17,22)(H,23,24)(H,19,20,25)/b18-9+/t12-/m1/s1. The molecule has 4 N–H and O–H groups in total. The minimum atomic E-state index is -0.921. The Morgan fingerprint density at radius 1 is 1.35 bits per heavy atom. The predicted molar refractivity (Wildman–Crippen MR) is 97.2 cm³/mol. The van der Waals surface area contributed by atoms with Gasteiger partial charge in [0.05, 0.1) is 6.21 Å². The van der Waals surface area contributed by atoms with Crippen LogP contribution in [0.25, 0.3) is 0 Å². The van der Waals surface area contributed by atoms with Crippen LogP contribution in [0.2, 0.25) is 0 Å². The van der Waals surface area contributed by atoms with Gasteiger partial charge >= 0.3 is 5.97 Å². The Bertz CT molecular complexity index is 750. The van der Waals surface area contributed by atoms with Gasteiger partial charge in [-0.1, -0.05) is 23.9 Å². The Morgan fingerprint density at radius 3 is 2.85 bits per heavy atom. The molecule has 1 atom stereocenters. The second kappa shape index (κ2) is 9.56. The van der Waals surface area contributed by atoms with Crippen molar-refractivity contribution >= 4 is 40.9 Å². The first kappa shape index (κ1) is 19.4. The van der Waals surface area contributed by atoms with Crippen molar-refractivity contribution < 1.29 is 24.6 Å². The normalized spacial score (nSPS) is 18.2. The van der Waals surface area contributed by atoms with Gasteiger partial charge < -0.3 is 20.8 Å². The van der Waals surface area contributed by atoms with E-state index in [1.54, 1.807) is 18.2 Å². The minimum absolute atomic E-state index is 0.0231. The zero-order chi connectivity index (χ0) is 18.9. The van der Waals surface area contributed by atoms with Crippen LogP contribution < -0.4 is 10.6 Å². The number of aromatic hydroxyl groups is 1. The molecule has 1 heterocycles. The maximum atomic E-state index is 11.9. The molecule has 0 aliphatic carbocycles. The molecule has 0 radical (unpaired) electrons. The Hall–Kier alpha value is -2.88. The number of carbonyl (C=O) groups is 3. The van der Waals surface area contributed by atoms with Gasteiger partial charge in [-0.15, -0.1) is 5.10 Å². The SMILES string of the molecule is O=C(O)CCCNC(=O)C[C@H]1S/C(=N\N=C\c2ccccc2O)NC1=O. The highest BCUT2D eigenvalue weighted by Crippen LogP contribution is 2.22. The van der Waals surface area contributed by atoms with E-state index in [4.69, 9.17) is 5.11 Å². The van der Waals surface area contributed by atoms with Crippen molar-refractivity contribution in [3.8, 4) is 5.75 Å². The number of amidine groups is 1. The summed E-state index contributed by atoms with van der Waals surface area (Å²) in [6, 6.07) is 6.61. The van der Waals surface area contributed by atoms with E-state index in [1.165, 1.54) is 12.3 Å². The van der Waals surface area contributed by atoms with Gasteiger partial charge in [0.15, 0.2) is 5.17 Å². The third-order valence-corrected chi connectivity index (χ3v) is 4.39. The molecule has 1 aliphatic heterocycles. The van der Waals surface area contributed by atoms with Gasteiger partial charge in [0.1, 0.15) is 11.0 Å². The maximum Gasteiger partial charge on any atom is 0.303 e. The average molecular weight is 378 g/mol. The lowest BCUT2D eigenvalue weighted by atomic mass is 10.2. The Kier molecular flexibility index (Phi) is 7.15. The summed E-state index contributed by atoms with van der Waals surface area (Å²) in [6.45, 7) is 0.246. The van der Waals surface area contributed by atoms with Gasteiger partial charge in [0.2, 0.25) is 11.8 Å². The van der Waals surface area contributed by atoms with Gasteiger partial charge in [-0.25, -0.2) is 0 Å². The molecule has 2 amide bonds. The number of carboxylic acids is 1. The molecule has 2 rings (SSSR count). The first-order valence-corrected chi connectivity index (χ1v) is 8.68. The van der Waals surface area contributed by atoms with Crippen LogP contribution in [0.1, 0.15) is 24.8 Å². The van der Waals surface area contributed by atoms with Gasteiger partial charge in [-0.3, -0.25) is 14.4 Å². The van der Waals surface area contributed by atoms with Crippen LogP contribution in [0.4, 0.5) is 0 Å². The van der Waals surface area contributed by atoms with Crippen LogP contribution >= 0.6 is 11.8 Å². The van der Waals surface area contributed by atoms with Crippen LogP contribution in [0.15, 0.2) is 34.5 Å². The second-order valence-corrected chi connectivity index (χ2v) is 6.55. The van der Waals surface area contributed by atoms with E-state index in [2.05, 4.69) is 20.8 Å². The number of aliphatic carboxylic acids is 1. The summed E-state index contributed by atoms with van der Waals surface area (Å²) in [4.78, 5) is 34.0. The Balaban J connectivity index is 1.81. The molecule has 0 saturated carbocycles. The molecular weight excluding hydrogens is 360 g/mol. The molecule has 10 heteroatoms. The summed E-state index contributed by atoms with van der Waals surface area (Å²) in [5.41, 5.74) is 0.489. The summed E-state index contributed by atoms with van der Waals surface area (Å²) in [7, 11) is 0. The lowest BCUT2D eigenvalue weighted by molar-refractivity contribution is -0.137. The maximum absolute atomic E-state index is 11.9. The smallest absolute Gasteiger partial charge is 0.303 e. The first-order chi connectivity index (χ1) is 12.5. The van der Waals surface area contributed by atoms with Gasteiger partial charge in [0.25, 0.3) is 0 Å². The molecule has 1 aromatic carbocycles. The van der Waals surface area contributed by atoms with Crippen molar-refractivity contribution in [1.82, 2.24) is 10.6 Å². The van der Waals surface area contributed by atoms with E-state index in [1.807, 2.05) is 0 Å². The first-order valence-electron chi connectivity index (χ1n) is 7.80. The van der Waals surface area contributed by atoms with Crippen LogP contribution in [0.3, 0.4) is 0 Å². The van der Waals surface area contributed by atoms with Crippen molar-refractivity contribution in [1.29, 1.82) is 0 Å². The van der Waals surface area contributed by atoms with Crippen molar-refractivity contribution in [3.05, 3.63) is 29.8 Å². The van der Waals surface area contributed by atoms with Gasteiger partial charge in [-0.05, 0) is 18.6 Å². The number of rotatable bonds is 8. The predicted octanol–water partition coefficient (Wildman–Crippen LogP) is 0.685. The minimum Gasteiger partial charge on any atom is -0.507 e. The number of benzene rings is 1. The van der Waals surface area contributed by atoms with E-state index in [0.717, 1.165) is 11.8 Å². The molecule has 1 fully saturated rings. The van der Waals surface area contributed by atoms with Gasteiger partial charge in [0, 0.05) is 24.9 Å². The number of thioether (sulfide) groups is 1. The number of nitrogens with zero attached hydrogens (tertiary/aromatic N) is 2. The molecule has 1 aromatic rings. The number of hydrogen-bond donors (Lipinski definition) is 4. The lowest BCUT2D eigenvalue weighted by Gasteiger charge is -2.06. The molecule has 0 spiro atoms. The highest BCUT2D eigenvalue weighted by atomic mass is 32.2. The molecular formula is C16H18N4O5S. The Morgan fingerprint density at radius 2 is 2.12 bits per heavy atom. The summed E-state index contributed by atoms with van der Waals surface area (Å²) in [6.07, 6.45) is 1.63. The number of carbonyl (C=O) groups excluding carboxylic acids is 2. The Labute approximate surface area is 153 Å². The van der Waals surface area contributed by atoms with Crippen molar-refractivity contribution in [2.75, 3.05) is 6.54 Å². The van der Waals surface area contributed by atoms with Crippen LogP contribution in [-0.2, 0) is 14.4 Å². The summed E-state index contributed by atoms with van der Waals surface area (Å²) in [5.74, 6) is -1.53. The second-order valence-electron chi connectivity index (χ2n) is 5.36. The van der Waals surface area contributed by atoms with Gasteiger partial charge in [-0.2, -0.15) is 5.10 Å². The topological polar surface area (TPSA) is 140 Å². The van der Waals surface area contributed by atoms with Crippen molar-refractivity contribution in [3.63, 3.8) is 0 Å². The highest BCUT2D eigenvalue weighted by Gasteiger charge is 2.32. The summed E-state index contributed by atoms with van der Waals surface area (Å²) in [5, 5.41) is 30.6.